The number of halogens is 1. The molecule has 0 unspecified atom stereocenters. The number of ether oxygens (including phenoxy) is 2. The number of methoxy groups -OCH3 is 2. The van der Waals surface area contributed by atoms with Crippen LogP contribution in [0.3, 0.4) is 0 Å². The third-order valence-corrected chi connectivity index (χ3v) is 7.91. The van der Waals surface area contributed by atoms with Crippen molar-refractivity contribution >= 4 is 45.6 Å². The predicted molar refractivity (Wildman–Crippen MR) is 171 cm³/mol. The summed E-state index contributed by atoms with van der Waals surface area (Å²) in [6.45, 7) is 8.37. The number of aromatic amines is 2. The van der Waals surface area contributed by atoms with Crippen molar-refractivity contribution in [3.05, 3.63) is 68.2 Å². The van der Waals surface area contributed by atoms with E-state index >= 15 is 0 Å². The summed E-state index contributed by atoms with van der Waals surface area (Å²) >= 11 is 0. The third-order valence-electron chi connectivity index (χ3n) is 7.91. The van der Waals surface area contributed by atoms with Crippen LogP contribution in [-0.2, 0) is 12.8 Å². The lowest BCUT2D eigenvalue weighted by molar-refractivity contribution is 0.415. The van der Waals surface area contributed by atoms with E-state index in [0.29, 0.717) is 0 Å². The van der Waals surface area contributed by atoms with Crippen molar-refractivity contribution < 1.29 is 9.47 Å². The molecule has 4 aromatic rings. The number of hydrogen-bond donors (Lipinski definition) is 2. The van der Waals surface area contributed by atoms with E-state index in [1.54, 1.807) is 14.2 Å². The SMILES string of the molecule is CCCN1CCCc2c1c1cc(OC)ccc1[nH]c2=O.CCCN1CCCc2c1c1cc(OC)ccc1[nH]c2=O.Cl. The number of hydrogen-bond acceptors (Lipinski definition) is 6. The molecule has 2 aromatic heterocycles. The first kappa shape index (κ1) is 30.3. The Kier molecular flexibility index (Phi) is 9.86. The van der Waals surface area contributed by atoms with Crippen molar-refractivity contribution in [3.8, 4) is 11.5 Å². The molecular formula is C32H41ClN4O4. The minimum atomic E-state index is 0. The van der Waals surface area contributed by atoms with Gasteiger partial charge in [0.05, 0.1) is 36.6 Å². The first-order chi connectivity index (χ1) is 19.5. The fourth-order valence-electron chi connectivity index (χ4n) is 6.14. The smallest absolute Gasteiger partial charge is 0.253 e. The Bertz CT molecular complexity index is 1510. The molecule has 9 heteroatoms. The molecule has 0 saturated carbocycles. The first-order valence-electron chi connectivity index (χ1n) is 14.4. The molecule has 0 bridgehead atoms. The molecule has 0 aliphatic carbocycles. The summed E-state index contributed by atoms with van der Waals surface area (Å²) in [5.74, 6) is 1.66. The Balaban J connectivity index is 0.000000184. The highest BCUT2D eigenvalue weighted by molar-refractivity contribution is 5.95. The number of nitrogens with one attached hydrogen (secondary N) is 2. The summed E-state index contributed by atoms with van der Waals surface area (Å²) < 4.78 is 10.7. The number of pyridine rings is 2. The fourth-order valence-corrected chi connectivity index (χ4v) is 6.14. The zero-order chi connectivity index (χ0) is 28.2. The van der Waals surface area contributed by atoms with Gasteiger partial charge >= 0.3 is 0 Å². The van der Waals surface area contributed by atoms with Gasteiger partial charge in [-0.15, -0.1) is 12.4 Å². The number of anilines is 2. The molecule has 2 N–H and O–H groups in total. The van der Waals surface area contributed by atoms with Crippen molar-refractivity contribution in [2.45, 2.75) is 52.4 Å². The second-order valence-electron chi connectivity index (χ2n) is 10.6. The molecule has 0 amide bonds. The standard InChI is InChI=1S/2C16H20N2O2.ClH/c2*1-3-8-18-9-4-5-12-15(18)13-10-11(20-2)6-7-14(13)17-16(12)19;/h2*6-7,10H,3-5,8-9H2,1-2H3,(H,17,19);1H. The first-order valence-corrected chi connectivity index (χ1v) is 14.4. The van der Waals surface area contributed by atoms with Crippen molar-refractivity contribution in [2.75, 3.05) is 50.2 Å². The van der Waals surface area contributed by atoms with Gasteiger partial charge in [0.25, 0.3) is 11.1 Å². The molecular weight excluding hydrogens is 540 g/mol. The molecule has 6 rings (SSSR count). The van der Waals surface area contributed by atoms with Crippen molar-refractivity contribution in [1.82, 2.24) is 9.97 Å². The van der Waals surface area contributed by atoms with Gasteiger partial charge in [-0.3, -0.25) is 9.59 Å². The summed E-state index contributed by atoms with van der Waals surface area (Å²) in [5.41, 5.74) is 5.94. The maximum Gasteiger partial charge on any atom is 0.253 e. The van der Waals surface area contributed by atoms with E-state index in [-0.39, 0.29) is 23.5 Å². The van der Waals surface area contributed by atoms with Crippen molar-refractivity contribution in [3.63, 3.8) is 0 Å². The van der Waals surface area contributed by atoms with Crippen LogP contribution in [-0.4, -0.2) is 50.4 Å². The largest absolute Gasteiger partial charge is 0.497 e. The zero-order valence-corrected chi connectivity index (χ0v) is 25.3. The number of aromatic nitrogens is 2. The lowest BCUT2D eigenvalue weighted by atomic mass is 9.99. The second-order valence-corrected chi connectivity index (χ2v) is 10.6. The average Bonchev–Trinajstić information content (AvgIpc) is 2.98. The minimum absolute atomic E-state index is 0. The molecule has 41 heavy (non-hydrogen) atoms. The molecule has 2 aliphatic heterocycles. The van der Waals surface area contributed by atoms with Crippen LogP contribution in [0.15, 0.2) is 46.0 Å². The van der Waals surface area contributed by atoms with Crippen molar-refractivity contribution in [1.29, 1.82) is 0 Å². The molecule has 0 spiro atoms. The van der Waals surface area contributed by atoms with E-state index in [1.807, 2.05) is 36.4 Å². The quantitative estimate of drug-likeness (QED) is 0.299. The molecule has 220 valence electrons. The molecule has 4 heterocycles. The molecule has 8 nitrogen and oxygen atoms in total. The summed E-state index contributed by atoms with van der Waals surface area (Å²) in [6.07, 6.45) is 5.97. The second kappa shape index (κ2) is 13.3. The highest BCUT2D eigenvalue weighted by Gasteiger charge is 2.23. The highest BCUT2D eigenvalue weighted by atomic mass is 35.5. The van der Waals surface area contributed by atoms with Crippen LogP contribution in [0, 0.1) is 0 Å². The monoisotopic (exact) mass is 580 g/mol. The molecule has 0 radical (unpaired) electrons. The van der Waals surface area contributed by atoms with Gasteiger partial charge in [0.2, 0.25) is 0 Å². The Morgan fingerprint density at radius 2 is 1.12 bits per heavy atom. The fraction of sp³-hybridized carbons (Fsp3) is 0.438. The average molecular weight is 581 g/mol. The maximum absolute atomic E-state index is 12.3. The van der Waals surface area contributed by atoms with Crippen LogP contribution in [0.2, 0.25) is 0 Å². The lowest BCUT2D eigenvalue weighted by Crippen LogP contribution is -2.33. The number of benzene rings is 2. The van der Waals surface area contributed by atoms with E-state index in [9.17, 15) is 9.59 Å². The van der Waals surface area contributed by atoms with Gasteiger partial charge < -0.3 is 29.2 Å². The van der Waals surface area contributed by atoms with Crippen LogP contribution >= 0.6 is 12.4 Å². The van der Waals surface area contributed by atoms with Crippen LogP contribution < -0.4 is 30.4 Å². The Hall–Kier alpha value is -3.65. The summed E-state index contributed by atoms with van der Waals surface area (Å²) in [4.78, 5) is 35.2. The Morgan fingerprint density at radius 1 is 0.707 bits per heavy atom. The summed E-state index contributed by atoms with van der Waals surface area (Å²) in [7, 11) is 3.34. The summed E-state index contributed by atoms with van der Waals surface area (Å²) in [5, 5.41) is 2.18. The van der Waals surface area contributed by atoms with E-state index in [0.717, 1.165) is 121 Å². The van der Waals surface area contributed by atoms with Crippen LogP contribution in [0.1, 0.15) is 50.7 Å². The van der Waals surface area contributed by atoms with E-state index in [4.69, 9.17) is 9.47 Å². The normalized spacial score (nSPS) is 14.0. The lowest BCUT2D eigenvalue weighted by Gasteiger charge is -2.31. The number of fused-ring (bicyclic) bond motifs is 6. The van der Waals surface area contributed by atoms with Crippen LogP contribution in [0.5, 0.6) is 11.5 Å². The van der Waals surface area contributed by atoms with E-state index in [1.165, 1.54) is 0 Å². The molecule has 0 saturated heterocycles. The van der Waals surface area contributed by atoms with Crippen LogP contribution in [0.25, 0.3) is 21.8 Å². The van der Waals surface area contributed by atoms with Gasteiger partial charge in [0.15, 0.2) is 0 Å². The minimum Gasteiger partial charge on any atom is -0.497 e. The van der Waals surface area contributed by atoms with Gasteiger partial charge in [-0.05, 0) is 74.9 Å². The van der Waals surface area contributed by atoms with Crippen molar-refractivity contribution in [2.24, 2.45) is 0 Å². The molecule has 2 aromatic carbocycles. The predicted octanol–water partition coefficient (Wildman–Crippen LogP) is 5.82. The number of rotatable bonds is 6. The molecule has 0 atom stereocenters. The maximum atomic E-state index is 12.3. The van der Waals surface area contributed by atoms with Gasteiger partial charge in [-0.2, -0.15) is 0 Å². The molecule has 2 aliphatic rings. The van der Waals surface area contributed by atoms with Gasteiger partial charge in [0, 0.05) is 48.1 Å². The zero-order valence-electron chi connectivity index (χ0n) is 24.5. The van der Waals surface area contributed by atoms with E-state index in [2.05, 4.69) is 33.6 Å². The van der Waals surface area contributed by atoms with Gasteiger partial charge in [0.1, 0.15) is 11.5 Å². The molecule has 0 fully saturated rings. The summed E-state index contributed by atoms with van der Waals surface area (Å²) in [6, 6.07) is 11.7. The number of nitrogens with zero attached hydrogens (tertiary/aromatic N) is 2. The van der Waals surface area contributed by atoms with Gasteiger partial charge in [-0.1, -0.05) is 13.8 Å². The Labute approximate surface area is 247 Å². The Morgan fingerprint density at radius 3 is 1.49 bits per heavy atom. The van der Waals surface area contributed by atoms with Crippen LogP contribution in [0.4, 0.5) is 11.4 Å². The van der Waals surface area contributed by atoms with Gasteiger partial charge in [-0.25, -0.2) is 0 Å². The third kappa shape index (κ3) is 6.03. The number of H-pyrrole nitrogens is 2. The highest BCUT2D eigenvalue weighted by Crippen LogP contribution is 2.35. The topological polar surface area (TPSA) is 90.7 Å². The van der Waals surface area contributed by atoms with E-state index < -0.39 is 0 Å².